The van der Waals surface area contributed by atoms with Crippen molar-refractivity contribution in [2.45, 2.75) is 32.2 Å². The molecule has 1 aliphatic heterocycles. The zero-order valence-corrected chi connectivity index (χ0v) is 8.65. The van der Waals surface area contributed by atoms with Gasteiger partial charge in [-0.05, 0) is 12.3 Å². The van der Waals surface area contributed by atoms with Gasteiger partial charge in [-0.25, -0.2) is 0 Å². The van der Waals surface area contributed by atoms with Gasteiger partial charge in [0.2, 0.25) is 0 Å². The Balaban J connectivity index is 2.37. The summed E-state index contributed by atoms with van der Waals surface area (Å²) in [7, 11) is 0. The van der Waals surface area contributed by atoms with Crippen LogP contribution >= 0.6 is 0 Å². The van der Waals surface area contributed by atoms with Crippen molar-refractivity contribution in [3.8, 4) is 0 Å². The van der Waals surface area contributed by atoms with Crippen molar-refractivity contribution in [1.29, 1.82) is 0 Å². The lowest BCUT2D eigenvalue weighted by Crippen LogP contribution is -2.60. The van der Waals surface area contributed by atoms with Crippen LogP contribution in [0.2, 0.25) is 0 Å². The molecule has 4 nitrogen and oxygen atoms in total. The molecule has 2 N–H and O–H groups in total. The maximum Gasteiger partial charge on any atom is 0.321 e. The van der Waals surface area contributed by atoms with Gasteiger partial charge in [-0.3, -0.25) is 9.69 Å². The van der Waals surface area contributed by atoms with Crippen LogP contribution in [0.15, 0.2) is 0 Å². The maximum absolute atomic E-state index is 10.9. The average Bonchev–Trinajstić information content (AvgIpc) is 2.08. The summed E-state index contributed by atoms with van der Waals surface area (Å²) in [5, 5.41) is 17.7. The van der Waals surface area contributed by atoms with E-state index in [1.807, 2.05) is 4.90 Å². The minimum Gasteiger partial charge on any atom is -0.480 e. The third-order valence-electron chi connectivity index (χ3n) is 2.88. The van der Waals surface area contributed by atoms with Crippen molar-refractivity contribution < 1.29 is 15.0 Å². The van der Waals surface area contributed by atoms with E-state index in [-0.39, 0.29) is 12.6 Å². The molecule has 0 aromatic heterocycles. The lowest BCUT2D eigenvalue weighted by atomic mass is 9.84. The number of aliphatic hydroxyl groups is 1. The van der Waals surface area contributed by atoms with E-state index >= 15 is 0 Å². The third-order valence-corrected chi connectivity index (χ3v) is 2.88. The number of carbonyl (C=O) groups is 1. The second kappa shape index (κ2) is 5.32. The number of likely N-dealkylation sites (tertiary alicyclic amines) is 1. The smallest absolute Gasteiger partial charge is 0.321 e. The van der Waals surface area contributed by atoms with Gasteiger partial charge in [0.1, 0.15) is 6.04 Å². The fraction of sp³-hybridized carbons (Fsp3) is 0.900. The molecule has 82 valence electrons. The van der Waals surface area contributed by atoms with Gasteiger partial charge in [0.15, 0.2) is 0 Å². The number of carboxylic acids is 1. The number of rotatable bonds is 6. The summed E-state index contributed by atoms with van der Waals surface area (Å²) in [6, 6.07) is -0.353. The number of hydrogen-bond donors (Lipinski definition) is 2. The highest BCUT2D eigenvalue weighted by Crippen LogP contribution is 2.29. The van der Waals surface area contributed by atoms with E-state index in [2.05, 4.69) is 6.92 Å². The second-order valence-electron chi connectivity index (χ2n) is 3.90. The molecule has 1 heterocycles. The van der Waals surface area contributed by atoms with Crippen molar-refractivity contribution in [3.05, 3.63) is 0 Å². The van der Waals surface area contributed by atoms with E-state index in [0.29, 0.717) is 12.5 Å². The predicted molar refractivity (Wildman–Crippen MR) is 53.1 cm³/mol. The summed E-state index contributed by atoms with van der Waals surface area (Å²) in [6.07, 6.45) is 3.21. The van der Waals surface area contributed by atoms with Gasteiger partial charge in [0.25, 0.3) is 0 Å². The van der Waals surface area contributed by atoms with Gasteiger partial charge < -0.3 is 10.2 Å². The Morgan fingerprint density at radius 1 is 1.57 bits per heavy atom. The average molecular weight is 201 g/mol. The van der Waals surface area contributed by atoms with Crippen molar-refractivity contribution in [3.63, 3.8) is 0 Å². The molecule has 1 aliphatic rings. The van der Waals surface area contributed by atoms with Crippen LogP contribution in [-0.4, -0.2) is 46.8 Å². The van der Waals surface area contributed by atoms with Crippen molar-refractivity contribution in [2.24, 2.45) is 5.92 Å². The Bertz CT molecular complexity index is 196. The van der Waals surface area contributed by atoms with Gasteiger partial charge in [0, 0.05) is 13.1 Å². The van der Waals surface area contributed by atoms with E-state index in [0.717, 1.165) is 25.8 Å². The van der Waals surface area contributed by atoms with Gasteiger partial charge in [-0.15, -0.1) is 0 Å². The summed E-state index contributed by atoms with van der Waals surface area (Å²) in [4.78, 5) is 12.8. The largest absolute Gasteiger partial charge is 0.480 e. The molecule has 0 bridgehead atoms. The van der Waals surface area contributed by atoms with E-state index in [1.165, 1.54) is 0 Å². The zero-order chi connectivity index (χ0) is 10.6. The highest BCUT2D eigenvalue weighted by Gasteiger charge is 2.42. The molecule has 0 saturated carbocycles. The number of nitrogens with zero attached hydrogens (tertiary/aromatic N) is 1. The Kier molecular flexibility index (Phi) is 4.35. The van der Waals surface area contributed by atoms with Crippen LogP contribution < -0.4 is 0 Å². The number of hydrogen-bond acceptors (Lipinski definition) is 3. The summed E-state index contributed by atoms with van der Waals surface area (Å²) < 4.78 is 0. The summed E-state index contributed by atoms with van der Waals surface area (Å²) in [5.74, 6) is -0.454. The van der Waals surface area contributed by atoms with Crippen molar-refractivity contribution in [2.75, 3.05) is 19.7 Å². The van der Waals surface area contributed by atoms with Crippen LogP contribution in [-0.2, 0) is 4.79 Å². The molecule has 0 radical (unpaired) electrons. The number of aliphatic carboxylic acids is 1. The van der Waals surface area contributed by atoms with Crippen LogP contribution in [0.3, 0.4) is 0 Å². The van der Waals surface area contributed by atoms with E-state index in [4.69, 9.17) is 10.2 Å². The van der Waals surface area contributed by atoms with E-state index < -0.39 is 5.97 Å². The number of β-amino-alcohol motifs (C(OH)–C–C–N with tert-alkyl or cyclic N) is 1. The third kappa shape index (κ3) is 2.45. The second-order valence-corrected chi connectivity index (χ2v) is 3.90. The standard InChI is InChI=1S/C10H19NO3/c1-2-3-4-8-7-11(5-6-12)9(8)10(13)14/h8-9,12H,2-7H2,1H3,(H,13,14). The SMILES string of the molecule is CCCCC1CN(CCO)C1C(=O)O. The lowest BCUT2D eigenvalue weighted by Gasteiger charge is -2.45. The van der Waals surface area contributed by atoms with E-state index in [1.54, 1.807) is 0 Å². The molecule has 4 heteroatoms. The molecule has 2 unspecified atom stereocenters. The number of carboxylic acid groups (broad SMARTS) is 1. The molecular weight excluding hydrogens is 182 g/mol. The van der Waals surface area contributed by atoms with Crippen molar-refractivity contribution in [1.82, 2.24) is 4.90 Å². The molecule has 0 aromatic carbocycles. The van der Waals surface area contributed by atoms with Crippen LogP contribution in [0.5, 0.6) is 0 Å². The summed E-state index contributed by atoms with van der Waals surface area (Å²) in [5.41, 5.74) is 0. The van der Waals surface area contributed by atoms with Crippen molar-refractivity contribution >= 4 is 5.97 Å². The van der Waals surface area contributed by atoms with Gasteiger partial charge >= 0.3 is 5.97 Å². The molecule has 14 heavy (non-hydrogen) atoms. The topological polar surface area (TPSA) is 60.8 Å². The number of unbranched alkanes of at least 4 members (excludes halogenated alkanes) is 1. The highest BCUT2D eigenvalue weighted by atomic mass is 16.4. The number of aliphatic hydroxyl groups excluding tert-OH is 1. The molecule has 2 atom stereocenters. The molecule has 0 spiro atoms. The molecule has 1 rings (SSSR count). The molecule has 1 saturated heterocycles. The Hall–Kier alpha value is -0.610. The highest BCUT2D eigenvalue weighted by molar-refractivity contribution is 5.75. The molecule has 0 aromatic rings. The lowest BCUT2D eigenvalue weighted by molar-refractivity contribution is -0.154. The monoisotopic (exact) mass is 201 g/mol. The van der Waals surface area contributed by atoms with Crippen LogP contribution in [0.25, 0.3) is 0 Å². The van der Waals surface area contributed by atoms with Crippen LogP contribution in [0.1, 0.15) is 26.2 Å². The molecule has 1 fully saturated rings. The van der Waals surface area contributed by atoms with Crippen LogP contribution in [0, 0.1) is 5.92 Å². The fourth-order valence-electron chi connectivity index (χ4n) is 2.11. The Morgan fingerprint density at radius 2 is 2.29 bits per heavy atom. The molecule has 0 aliphatic carbocycles. The first-order valence-electron chi connectivity index (χ1n) is 5.28. The van der Waals surface area contributed by atoms with E-state index in [9.17, 15) is 4.79 Å². The Morgan fingerprint density at radius 3 is 2.79 bits per heavy atom. The zero-order valence-electron chi connectivity index (χ0n) is 8.65. The first-order chi connectivity index (χ1) is 6.70. The summed E-state index contributed by atoms with van der Waals surface area (Å²) >= 11 is 0. The Labute approximate surface area is 84.5 Å². The normalized spacial score (nSPS) is 27.3. The quantitative estimate of drug-likeness (QED) is 0.659. The minimum atomic E-state index is -0.745. The minimum absolute atomic E-state index is 0.0459. The predicted octanol–water partition coefficient (Wildman–Crippen LogP) is 0.554. The van der Waals surface area contributed by atoms with Gasteiger partial charge in [-0.1, -0.05) is 19.8 Å². The first kappa shape index (κ1) is 11.5. The molecule has 0 amide bonds. The fourth-order valence-corrected chi connectivity index (χ4v) is 2.11. The maximum atomic E-state index is 10.9. The summed E-state index contributed by atoms with van der Waals surface area (Å²) in [6.45, 7) is 3.47. The first-order valence-corrected chi connectivity index (χ1v) is 5.28. The van der Waals surface area contributed by atoms with Gasteiger partial charge in [-0.2, -0.15) is 0 Å². The van der Waals surface area contributed by atoms with Crippen LogP contribution in [0.4, 0.5) is 0 Å². The van der Waals surface area contributed by atoms with Gasteiger partial charge in [0.05, 0.1) is 6.61 Å². The molecular formula is C10H19NO3.